The van der Waals surface area contributed by atoms with Crippen molar-refractivity contribution in [1.29, 1.82) is 0 Å². The van der Waals surface area contributed by atoms with Gasteiger partial charge < -0.3 is 30.5 Å². The fraction of sp³-hybridized carbons (Fsp3) is 0.571. The van der Waals surface area contributed by atoms with Gasteiger partial charge in [-0.25, -0.2) is 4.79 Å². The van der Waals surface area contributed by atoms with Crippen LogP contribution in [0.1, 0.15) is 46.2 Å². The molecule has 2 atom stereocenters. The van der Waals surface area contributed by atoms with E-state index in [1.165, 1.54) is 12.1 Å². The minimum Gasteiger partial charge on any atom is -0.508 e. The van der Waals surface area contributed by atoms with Crippen molar-refractivity contribution < 1.29 is 29.3 Å². The Morgan fingerprint density at radius 3 is 2.26 bits per heavy atom. The standard InChI is InChI=1S/C21H33N3O6S/c1-13(2)22-18(27)17(14-8-6-7-9-16(14)26)24(10-11-25)19(28)15(12-31)23-20(29)30-21(3,4)5/h6-9,13,15,17,25-26,31H,10-12H2,1-5H3,(H,22,27)(H,23,29). The average molecular weight is 456 g/mol. The highest BCUT2D eigenvalue weighted by Gasteiger charge is 2.36. The molecular weight excluding hydrogens is 422 g/mol. The van der Waals surface area contributed by atoms with Gasteiger partial charge in [0, 0.05) is 23.9 Å². The predicted molar refractivity (Wildman–Crippen MR) is 120 cm³/mol. The molecule has 1 aromatic rings. The van der Waals surface area contributed by atoms with E-state index in [0.29, 0.717) is 0 Å². The van der Waals surface area contributed by atoms with Crippen molar-refractivity contribution in [2.45, 2.75) is 58.3 Å². The first-order valence-electron chi connectivity index (χ1n) is 10.0. The first-order valence-corrected chi connectivity index (χ1v) is 10.6. The van der Waals surface area contributed by atoms with Crippen LogP contribution < -0.4 is 10.6 Å². The molecule has 2 unspecified atom stereocenters. The molecule has 0 aliphatic rings. The number of aromatic hydroxyl groups is 1. The number of aliphatic hydroxyl groups excluding tert-OH is 1. The third-order valence-corrected chi connectivity index (χ3v) is 4.38. The van der Waals surface area contributed by atoms with Crippen LogP contribution in [0.4, 0.5) is 4.79 Å². The van der Waals surface area contributed by atoms with Gasteiger partial charge in [-0.2, -0.15) is 12.6 Å². The lowest BCUT2D eigenvalue weighted by molar-refractivity contribution is -0.142. The summed E-state index contributed by atoms with van der Waals surface area (Å²) in [4.78, 5) is 39.6. The molecule has 4 N–H and O–H groups in total. The Bertz CT molecular complexity index is 766. The number of hydrogen-bond acceptors (Lipinski definition) is 7. The fourth-order valence-corrected chi connectivity index (χ4v) is 3.09. The quantitative estimate of drug-likeness (QED) is 0.360. The van der Waals surface area contributed by atoms with E-state index in [-0.39, 0.29) is 29.7 Å². The number of hydrogen-bond donors (Lipinski definition) is 5. The van der Waals surface area contributed by atoms with Crippen LogP contribution in [0, 0.1) is 0 Å². The molecule has 0 aromatic heterocycles. The van der Waals surface area contributed by atoms with E-state index in [0.717, 1.165) is 4.90 Å². The maximum atomic E-state index is 13.3. The summed E-state index contributed by atoms with van der Waals surface area (Å²) in [5.41, 5.74) is -0.577. The van der Waals surface area contributed by atoms with Crippen molar-refractivity contribution in [2.75, 3.05) is 18.9 Å². The Morgan fingerprint density at radius 2 is 1.77 bits per heavy atom. The summed E-state index contributed by atoms with van der Waals surface area (Å²) >= 11 is 4.16. The molecule has 0 saturated heterocycles. The van der Waals surface area contributed by atoms with Gasteiger partial charge in [0.2, 0.25) is 11.8 Å². The van der Waals surface area contributed by atoms with Crippen molar-refractivity contribution in [3.05, 3.63) is 29.8 Å². The van der Waals surface area contributed by atoms with Crippen LogP contribution in [-0.2, 0) is 14.3 Å². The molecule has 1 rings (SSSR count). The summed E-state index contributed by atoms with van der Waals surface area (Å²) in [6.45, 7) is 7.95. The number of ether oxygens (including phenoxy) is 1. The number of para-hydroxylation sites is 1. The molecule has 10 heteroatoms. The average Bonchev–Trinajstić information content (AvgIpc) is 2.64. The van der Waals surface area contributed by atoms with Crippen molar-refractivity contribution in [3.8, 4) is 5.75 Å². The van der Waals surface area contributed by atoms with Crippen molar-refractivity contribution >= 4 is 30.5 Å². The second-order valence-corrected chi connectivity index (χ2v) is 8.63. The maximum absolute atomic E-state index is 13.3. The molecule has 0 aliphatic carbocycles. The number of phenolic OH excluding ortho intramolecular Hbond substituents is 1. The molecular formula is C21H33N3O6S. The molecule has 0 bridgehead atoms. The highest BCUT2D eigenvalue weighted by atomic mass is 32.1. The number of nitrogens with one attached hydrogen (secondary N) is 2. The molecule has 0 fully saturated rings. The molecule has 0 saturated carbocycles. The summed E-state index contributed by atoms with van der Waals surface area (Å²) in [5.74, 6) is -1.43. The number of carbonyl (C=O) groups is 3. The van der Waals surface area contributed by atoms with Crippen molar-refractivity contribution in [2.24, 2.45) is 0 Å². The van der Waals surface area contributed by atoms with Gasteiger partial charge in [-0.05, 0) is 40.7 Å². The molecule has 174 valence electrons. The Hall–Kier alpha value is -2.46. The van der Waals surface area contributed by atoms with Crippen LogP contribution in [0.25, 0.3) is 0 Å². The second kappa shape index (κ2) is 11.8. The lowest BCUT2D eigenvalue weighted by atomic mass is 10.0. The monoisotopic (exact) mass is 455 g/mol. The number of nitrogens with zero attached hydrogens (tertiary/aromatic N) is 1. The largest absolute Gasteiger partial charge is 0.508 e. The molecule has 0 spiro atoms. The van der Waals surface area contributed by atoms with E-state index in [2.05, 4.69) is 23.3 Å². The lowest BCUT2D eigenvalue weighted by Gasteiger charge is -2.34. The number of aliphatic hydroxyl groups is 1. The fourth-order valence-electron chi connectivity index (χ4n) is 2.84. The third kappa shape index (κ3) is 8.29. The van der Waals surface area contributed by atoms with Gasteiger partial charge >= 0.3 is 6.09 Å². The number of alkyl carbamates (subject to hydrolysis) is 1. The lowest BCUT2D eigenvalue weighted by Crippen LogP contribution is -2.54. The topological polar surface area (TPSA) is 128 Å². The molecule has 0 heterocycles. The van der Waals surface area contributed by atoms with Crippen molar-refractivity contribution in [1.82, 2.24) is 15.5 Å². The highest BCUT2D eigenvalue weighted by Crippen LogP contribution is 2.29. The van der Waals surface area contributed by atoms with Gasteiger partial charge in [0.15, 0.2) is 0 Å². The molecule has 3 amide bonds. The van der Waals surface area contributed by atoms with Crippen LogP contribution in [-0.4, -0.2) is 69.6 Å². The maximum Gasteiger partial charge on any atom is 0.408 e. The highest BCUT2D eigenvalue weighted by molar-refractivity contribution is 7.80. The second-order valence-electron chi connectivity index (χ2n) is 8.26. The zero-order valence-electron chi connectivity index (χ0n) is 18.6. The molecule has 31 heavy (non-hydrogen) atoms. The Kier molecular flexibility index (Phi) is 10.1. The van der Waals surface area contributed by atoms with Gasteiger partial charge in [-0.3, -0.25) is 9.59 Å². The van der Waals surface area contributed by atoms with Gasteiger partial charge in [0.05, 0.1) is 6.61 Å². The first kappa shape index (κ1) is 26.6. The van der Waals surface area contributed by atoms with Gasteiger partial charge in [0.1, 0.15) is 23.4 Å². The predicted octanol–water partition coefficient (Wildman–Crippen LogP) is 1.60. The van der Waals surface area contributed by atoms with Crippen LogP contribution in [0.15, 0.2) is 24.3 Å². The number of amides is 3. The normalized spacial score (nSPS) is 13.3. The zero-order valence-corrected chi connectivity index (χ0v) is 19.5. The van der Waals surface area contributed by atoms with Gasteiger partial charge in [0.25, 0.3) is 0 Å². The number of thiol groups is 1. The Morgan fingerprint density at radius 1 is 1.16 bits per heavy atom. The summed E-state index contributed by atoms with van der Waals surface area (Å²) in [5, 5.41) is 25.1. The van der Waals surface area contributed by atoms with Gasteiger partial charge in [-0.1, -0.05) is 18.2 Å². The zero-order chi connectivity index (χ0) is 23.8. The third-order valence-electron chi connectivity index (χ3n) is 4.02. The van der Waals surface area contributed by atoms with E-state index in [9.17, 15) is 24.6 Å². The van der Waals surface area contributed by atoms with E-state index in [4.69, 9.17) is 4.74 Å². The van der Waals surface area contributed by atoms with E-state index >= 15 is 0 Å². The summed E-state index contributed by atoms with van der Waals surface area (Å²) in [7, 11) is 0. The molecule has 9 nitrogen and oxygen atoms in total. The minimum absolute atomic E-state index is 0.0701. The van der Waals surface area contributed by atoms with Gasteiger partial charge in [-0.15, -0.1) is 0 Å². The number of benzene rings is 1. The minimum atomic E-state index is -1.23. The van der Waals surface area contributed by atoms with Crippen LogP contribution >= 0.6 is 12.6 Å². The van der Waals surface area contributed by atoms with Crippen LogP contribution in [0.3, 0.4) is 0 Å². The summed E-state index contributed by atoms with van der Waals surface area (Å²) < 4.78 is 5.20. The van der Waals surface area contributed by atoms with E-state index < -0.39 is 42.2 Å². The number of phenols is 1. The molecule has 1 aromatic carbocycles. The number of carbonyl (C=O) groups excluding carboxylic acids is 3. The van der Waals surface area contributed by atoms with E-state index in [1.807, 2.05) is 0 Å². The molecule has 0 radical (unpaired) electrons. The van der Waals surface area contributed by atoms with Crippen LogP contribution in [0.5, 0.6) is 5.75 Å². The summed E-state index contributed by atoms with van der Waals surface area (Å²) in [6.07, 6.45) is -0.811. The SMILES string of the molecule is CC(C)NC(=O)C(c1ccccc1O)N(CCO)C(=O)C(CS)NC(=O)OC(C)(C)C. The Labute approximate surface area is 188 Å². The van der Waals surface area contributed by atoms with Crippen molar-refractivity contribution in [3.63, 3.8) is 0 Å². The molecule has 0 aliphatic heterocycles. The van der Waals surface area contributed by atoms with Crippen LogP contribution in [0.2, 0.25) is 0 Å². The summed E-state index contributed by atoms with van der Waals surface area (Å²) in [6, 6.07) is 3.57. The van der Waals surface area contributed by atoms with E-state index in [1.54, 1.807) is 46.8 Å². The number of rotatable bonds is 9. The Balaban J connectivity index is 3.32. The first-order chi connectivity index (χ1) is 14.4. The smallest absolute Gasteiger partial charge is 0.408 e.